The van der Waals surface area contributed by atoms with E-state index in [1.54, 1.807) is 0 Å². The summed E-state index contributed by atoms with van der Waals surface area (Å²) in [5, 5.41) is 18.2. The van der Waals surface area contributed by atoms with Crippen molar-refractivity contribution in [3.05, 3.63) is 17.4 Å². The largest absolute Gasteiger partial charge is 0.563 e. The number of aromatic carboxylic acids is 1. The molecule has 2 rings (SSSR count). The number of carboxylic acid groups (broad SMARTS) is 1. The molecule has 0 amide bonds. The number of halogens is 4. The van der Waals surface area contributed by atoms with Gasteiger partial charge < -0.3 is 24.3 Å². The lowest BCUT2D eigenvalue weighted by Gasteiger charge is -2.23. The molecule has 1 aliphatic rings. The molecule has 1 aromatic carbocycles. The zero-order chi connectivity index (χ0) is 15.8. The first kappa shape index (κ1) is 15.2. The highest BCUT2D eigenvalue weighted by Crippen LogP contribution is 2.42. The minimum Gasteiger partial charge on any atom is -0.531 e. The standard InChI is InChI=1S/C10H7BF4O6/c12-4-1-5-8(21-11(18)3-20-5)6(9(16)17)7(4)19-2-10(13,14)15/h1,18H,2-3H2,(H,16,17). The Morgan fingerprint density at radius 2 is 2.14 bits per heavy atom. The van der Waals surface area contributed by atoms with Crippen LogP contribution in [0.1, 0.15) is 10.4 Å². The maximum Gasteiger partial charge on any atom is 0.563 e. The molecule has 114 valence electrons. The molecule has 1 aromatic rings. The third-order valence-corrected chi connectivity index (χ3v) is 2.38. The Kier molecular flexibility index (Phi) is 3.86. The molecule has 1 heterocycles. The monoisotopic (exact) mass is 310 g/mol. The first-order valence-corrected chi connectivity index (χ1v) is 5.46. The van der Waals surface area contributed by atoms with Gasteiger partial charge in [-0.2, -0.15) is 13.2 Å². The average molecular weight is 310 g/mol. The van der Waals surface area contributed by atoms with Crippen LogP contribution in [0.3, 0.4) is 0 Å². The topological polar surface area (TPSA) is 85.2 Å². The molecule has 0 radical (unpaired) electrons. The molecule has 0 aromatic heterocycles. The minimum atomic E-state index is -4.78. The summed E-state index contributed by atoms with van der Waals surface area (Å²) >= 11 is 0. The van der Waals surface area contributed by atoms with Crippen molar-refractivity contribution < 1.29 is 46.6 Å². The highest BCUT2D eigenvalue weighted by Gasteiger charge is 2.36. The van der Waals surface area contributed by atoms with Crippen molar-refractivity contribution in [2.75, 3.05) is 13.1 Å². The molecule has 6 nitrogen and oxygen atoms in total. The van der Waals surface area contributed by atoms with E-state index in [1.807, 2.05) is 0 Å². The van der Waals surface area contributed by atoms with Crippen LogP contribution in [0.5, 0.6) is 17.2 Å². The molecule has 0 atom stereocenters. The Bertz CT molecular complexity index is 576. The fraction of sp³-hybridized carbons (Fsp3) is 0.300. The third kappa shape index (κ3) is 3.30. The number of carboxylic acids is 1. The lowest BCUT2D eigenvalue weighted by Crippen LogP contribution is -2.35. The normalized spacial score (nSPS) is 14.0. The summed E-state index contributed by atoms with van der Waals surface area (Å²) in [7, 11) is -1.53. The SMILES string of the molecule is O=C(O)c1c(OCC(F)(F)F)c(F)cc2c1OB(O)CO2. The minimum absolute atomic E-state index is 0.352. The van der Waals surface area contributed by atoms with E-state index in [0.29, 0.717) is 6.07 Å². The summed E-state index contributed by atoms with van der Waals surface area (Å²) in [6, 6.07) is 0.624. The number of hydrogen-bond acceptors (Lipinski definition) is 5. The molecule has 1 aliphatic heterocycles. The van der Waals surface area contributed by atoms with E-state index in [0.717, 1.165) is 0 Å². The predicted octanol–water partition coefficient (Wildman–Crippen LogP) is 1.26. The number of ether oxygens (including phenoxy) is 2. The Morgan fingerprint density at radius 3 is 2.71 bits per heavy atom. The summed E-state index contributed by atoms with van der Waals surface area (Å²) in [5.41, 5.74) is -0.993. The van der Waals surface area contributed by atoms with Gasteiger partial charge in [-0.15, -0.1) is 0 Å². The number of carbonyl (C=O) groups is 1. The van der Waals surface area contributed by atoms with Crippen LogP contribution in [0, 0.1) is 5.82 Å². The summed E-state index contributed by atoms with van der Waals surface area (Å²) < 4.78 is 63.9. The lowest BCUT2D eigenvalue weighted by atomic mass is 9.91. The van der Waals surface area contributed by atoms with Crippen molar-refractivity contribution in [3.63, 3.8) is 0 Å². The summed E-state index contributed by atoms with van der Waals surface area (Å²) in [4.78, 5) is 11.1. The van der Waals surface area contributed by atoms with E-state index in [9.17, 15) is 27.4 Å². The van der Waals surface area contributed by atoms with Crippen molar-refractivity contribution >= 4 is 13.1 Å². The second-order valence-electron chi connectivity index (χ2n) is 3.98. The average Bonchev–Trinajstić information content (AvgIpc) is 2.34. The molecule has 0 saturated heterocycles. The quantitative estimate of drug-likeness (QED) is 0.646. The van der Waals surface area contributed by atoms with E-state index in [4.69, 9.17) is 14.5 Å². The van der Waals surface area contributed by atoms with Gasteiger partial charge in [0.15, 0.2) is 29.7 Å². The molecular formula is C10H7BF4O6. The van der Waals surface area contributed by atoms with E-state index in [2.05, 4.69) is 4.74 Å². The molecular weight excluding hydrogens is 303 g/mol. The molecule has 21 heavy (non-hydrogen) atoms. The summed E-state index contributed by atoms with van der Waals surface area (Å²) in [6.07, 6.45) is -4.78. The van der Waals surface area contributed by atoms with Crippen molar-refractivity contribution in [1.82, 2.24) is 0 Å². The number of fused-ring (bicyclic) bond motifs is 1. The second-order valence-corrected chi connectivity index (χ2v) is 3.98. The van der Waals surface area contributed by atoms with Gasteiger partial charge in [0.25, 0.3) is 0 Å². The molecule has 0 saturated carbocycles. The Morgan fingerprint density at radius 1 is 1.48 bits per heavy atom. The van der Waals surface area contributed by atoms with Crippen LogP contribution < -0.4 is 14.1 Å². The van der Waals surface area contributed by atoms with Crippen LogP contribution in [0.15, 0.2) is 6.07 Å². The first-order valence-electron chi connectivity index (χ1n) is 5.46. The maximum absolute atomic E-state index is 13.7. The van der Waals surface area contributed by atoms with E-state index < -0.39 is 48.8 Å². The fourth-order valence-corrected chi connectivity index (χ4v) is 1.64. The van der Waals surface area contributed by atoms with Crippen LogP contribution >= 0.6 is 0 Å². The number of benzene rings is 1. The van der Waals surface area contributed by atoms with Gasteiger partial charge in [0.1, 0.15) is 12.1 Å². The zero-order valence-electron chi connectivity index (χ0n) is 10.1. The van der Waals surface area contributed by atoms with Gasteiger partial charge in [0, 0.05) is 6.07 Å². The van der Waals surface area contributed by atoms with Crippen molar-refractivity contribution in [2.45, 2.75) is 6.18 Å². The van der Waals surface area contributed by atoms with Crippen molar-refractivity contribution in [2.24, 2.45) is 0 Å². The maximum atomic E-state index is 13.7. The second kappa shape index (κ2) is 5.32. The van der Waals surface area contributed by atoms with Crippen molar-refractivity contribution in [1.29, 1.82) is 0 Å². The molecule has 0 fully saturated rings. The van der Waals surface area contributed by atoms with E-state index in [-0.39, 0.29) is 12.3 Å². The lowest BCUT2D eigenvalue weighted by molar-refractivity contribution is -0.154. The van der Waals surface area contributed by atoms with Gasteiger partial charge in [-0.25, -0.2) is 9.18 Å². The predicted molar refractivity (Wildman–Crippen MR) is 59.0 cm³/mol. The van der Waals surface area contributed by atoms with Crippen LogP contribution in [0.4, 0.5) is 17.6 Å². The molecule has 0 unspecified atom stereocenters. The molecule has 0 spiro atoms. The molecule has 0 aliphatic carbocycles. The molecule has 11 heteroatoms. The highest BCUT2D eigenvalue weighted by atomic mass is 19.4. The number of rotatable bonds is 3. The van der Waals surface area contributed by atoms with Gasteiger partial charge in [0.2, 0.25) is 0 Å². The van der Waals surface area contributed by atoms with E-state index >= 15 is 0 Å². The van der Waals surface area contributed by atoms with Gasteiger partial charge in [-0.1, -0.05) is 0 Å². The molecule has 2 N–H and O–H groups in total. The van der Waals surface area contributed by atoms with Crippen molar-refractivity contribution in [3.8, 4) is 17.2 Å². The van der Waals surface area contributed by atoms with Crippen LogP contribution in [0.25, 0.3) is 0 Å². The van der Waals surface area contributed by atoms with Crippen LogP contribution in [-0.2, 0) is 0 Å². The van der Waals surface area contributed by atoms with E-state index in [1.165, 1.54) is 0 Å². The van der Waals surface area contributed by atoms with Crippen LogP contribution in [0.2, 0.25) is 0 Å². The zero-order valence-corrected chi connectivity index (χ0v) is 10.1. The smallest absolute Gasteiger partial charge is 0.531 e. The van der Waals surface area contributed by atoms with Gasteiger partial charge in [-0.3, -0.25) is 0 Å². The van der Waals surface area contributed by atoms with Crippen LogP contribution in [-0.4, -0.2) is 42.5 Å². The number of hydrogen-bond donors (Lipinski definition) is 2. The first-order chi connectivity index (χ1) is 9.69. The third-order valence-electron chi connectivity index (χ3n) is 2.38. The summed E-state index contributed by atoms with van der Waals surface area (Å²) in [6.45, 7) is -2.26. The Hall–Kier alpha value is -2.17. The summed E-state index contributed by atoms with van der Waals surface area (Å²) in [5.74, 6) is -5.23. The highest BCUT2D eigenvalue weighted by molar-refractivity contribution is 6.44. The Balaban J connectivity index is 2.48. The fourth-order valence-electron chi connectivity index (χ4n) is 1.64. The Labute approximate surface area is 115 Å². The van der Waals surface area contributed by atoms with Gasteiger partial charge >= 0.3 is 19.3 Å². The number of alkyl halides is 3. The van der Waals surface area contributed by atoms with Gasteiger partial charge in [0.05, 0.1) is 0 Å². The van der Waals surface area contributed by atoms with Gasteiger partial charge in [-0.05, 0) is 0 Å². The molecule has 0 bridgehead atoms.